The van der Waals surface area contributed by atoms with Crippen molar-refractivity contribution >= 4 is 11.9 Å². The van der Waals surface area contributed by atoms with Gasteiger partial charge in [-0.05, 0) is 44.4 Å². The van der Waals surface area contributed by atoms with E-state index in [1.807, 2.05) is 0 Å². The zero-order valence-corrected chi connectivity index (χ0v) is 14.2. The minimum atomic E-state index is -0.325. The van der Waals surface area contributed by atoms with Gasteiger partial charge in [0.1, 0.15) is 6.04 Å². The number of carbonyl (C=O) groups is 2. The van der Waals surface area contributed by atoms with E-state index in [4.69, 9.17) is 4.74 Å². The summed E-state index contributed by atoms with van der Waals surface area (Å²) in [4.78, 5) is 26.7. The van der Waals surface area contributed by atoms with Crippen molar-refractivity contribution in [3.8, 4) is 0 Å². The summed E-state index contributed by atoms with van der Waals surface area (Å²) in [6.45, 7) is 5.55. The van der Waals surface area contributed by atoms with Crippen molar-refractivity contribution in [3.63, 3.8) is 0 Å². The number of rotatable bonds is 6. The number of amides is 1. The summed E-state index contributed by atoms with van der Waals surface area (Å²) < 4.78 is 5.41. The topological polar surface area (TPSA) is 46.6 Å². The first-order valence-corrected chi connectivity index (χ1v) is 9.06. The van der Waals surface area contributed by atoms with Crippen LogP contribution in [0.15, 0.2) is 0 Å². The van der Waals surface area contributed by atoms with Gasteiger partial charge in [-0.15, -0.1) is 0 Å². The van der Waals surface area contributed by atoms with E-state index >= 15 is 0 Å². The van der Waals surface area contributed by atoms with Crippen LogP contribution in [0.2, 0.25) is 0 Å². The zero-order valence-electron chi connectivity index (χ0n) is 14.2. The molecule has 4 heteroatoms. The van der Waals surface area contributed by atoms with E-state index in [-0.39, 0.29) is 23.8 Å². The molecule has 1 unspecified atom stereocenters. The highest BCUT2D eigenvalue weighted by atomic mass is 16.5. The van der Waals surface area contributed by atoms with E-state index in [1.165, 1.54) is 6.42 Å². The van der Waals surface area contributed by atoms with Crippen LogP contribution in [-0.4, -0.2) is 36.0 Å². The standard InChI is InChI=1S/C18H31NO3/c1-14(2)8-7-13-22-18(21)16-11-6-12-19(16)17(20)15-9-4-3-5-10-15/h14-16H,3-13H2,1-2H3. The van der Waals surface area contributed by atoms with Crippen molar-refractivity contribution in [2.75, 3.05) is 13.2 Å². The third-order valence-corrected chi connectivity index (χ3v) is 4.93. The number of hydrogen-bond donors (Lipinski definition) is 0. The normalized spacial score (nSPS) is 23.0. The number of likely N-dealkylation sites (tertiary alicyclic amines) is 1. The first-order valence-electron chi connectivity index (χ1n) is 9.06. The van der Waals surface area contributed by atoms with Gasteiger partial charge in [0.25, 0.3) is 0 Å². The quantitative estimate of drug-likeness (QED) is 0.557. The molecule has 0 bridgehead atoms. The SMILES string of the molecule is CC(C)CCCOC(=O)C1CCCN1C(=O)C1CCCCC1. The molecule has 2 aliphatic rings. The molecule has 1 aliphatic carbocycles. The van der Waals surface area contributed by atoms with Crippen LogP contribution in [0, 0.1) is 11.8 Å². The van der Waals surface area contributed by atoms with E-state index < -0.39 is 0 Å². The molecule has 1 saturated heterocycles. The van der Waals surface area contributed by atoms with Crippen LogP contribution in [0.1, 0.15) is 71.6 Å². The Labute approximate surface area is 134 Å². The Morgan fingerprint density at radius 2 is 1.82 bits per heavy atom. The summed E-state index contributed by atoms with van der Waals surface area (Å²) in [5.74, 6) is 0.782. The van der Waals surface area contributed by atoms with Gasteiger partial charge in [-0.3, -0.25) is 4.79 Å². The molecule has 0 spiro atoms. The van der Waals surface area contributed by atoms with E-state index in [9.17, 15) is 9.59 Å². The van der Waals surface area contributed by atoms with Gasteiger partial charge in [0.2, 0.25) is 5.91 Å². The minimum Gasteiger partial charge on any atom is -0.464 e. The van der Waals surface area contributed by atoms with Crippen molar-refractivity contribution in [1.29, 1.82) is 0 Å². The molecular formula is C18H31NO3. The van der Waals surface area contributed by atoms with Crippen molar-refractivity contribution in [2.24, 2.45) is 11.8 Å². The van der Waals surface area contributed by atoms with Gasteiger partial charge in [0.15, 0.2) is 0 Å². The highest BCUT2D eigenvalue weighted by Gasteiger charge is 2.38. The number of carbonyl (C=O) groups excluding carboxylic acids is 2. The highest BCUT2D eigenvalue weighted by molar-refractivity contribution is 5.86. The lowest BCUT2D eigenvalue weighted by Gasteiger charge is -2.29. The summed E-state index contributed by atoms with van der Waals surface area (Å²) in [6, 6.07) is -0.325. The Morgan fingerprint density at radius 1 is 1.09 bits per heavy atom. The Morgan fingerprint density at radius 3 is 2.50 bits per heavy atom. The summed E-state index contributed by atoms with van der Waals surface area (Å²) in [5, 5.41) is 0. The number of esters is 1. The Hall–Kier alpha value is -1.06. The van der Waals surface area contributed by atoms with Crippen molar-refractivity contribution in [2.45, 2.75) is 77.7 Å². The van der Waals surface area contributed by atoms with Crippen LogP contribution in [0.25, 0.3) is 0 Å². The molecule has 1 aliphatic heterocycles. The third kappa shape index (κ3) is 4.72. The lowest BCUT2D eigenvalue weighted by atomic mass is 9.88. The fraction of sp³-hybridized carbons (Fsp3) is 0.889. The van der Waals surface area contributed by atoms with Gasteiger partial charge in [-0.25, -0.2) is 4.79 Å². The van der Waals surface area contributed by atoms with Gasteiger partial charge in [-0.2, -0.15) is 0 Å². The third-order valence-electron chi connectivity index (χ3n) is 4.93. The number of nitrogens with zero attached hydrogens (tertiary/aromatic N) is 1. The fourth-order valence-electron chi connectivity index (χ4n) is 3.62. The predicted molar refractivity (Wildman–Crippen MR) is 86.3 cm³/mol. The van der Waals surface area contributed by atoms with Gasteiger partial charge in [0, 0.05) is 12.5 Å². The van der Waals surface area contributed by atoms with Crippen molar-refractivity contribution in [1.82, 2.24) is 4.90 Å². The molecule has 2 fully saturated rings. The molecule has 1 heterocycles. The molecule has 0 radical (unpaired) electrons. The molecule has 0 aromatic rings. The lowest BCUT2D eigenvalue weighted by Crippen LogP contribution is -2.44. The molecule has 1 amide bonds. The van der Waals surface area contributed by atoms with Gasteiger partial charge >= 0.3 is 5.97 Å². The second kappa shape index (κ2) is 8.54. The summed E-state index contributed by atoms with van der Waals surface area (Å²) in [6.07, 6.45) is 9.19. The molecule has 0 N–H and O–H groups in total. The molecule has 126 valence electrons. The predicted octanol–water partition coefficient (Wildman–Crippen LogP) is 3.54. The maximum atomic E-state index is 12.7. The van der Waals surface area contributed by atoms with Gasteiger partial charge in [0.05, 0.1) is 6.61 Å². The largest absolute Gasteiger partial charge is 0.464 e. The van der Waals surface area contributed by atoms with Crippen molar-refractivity contribution < 1.29 is 14.3 Å². The van der Waals surface area contributed by atoms with Gasteiger partial charge in [-0.1, -0.05) is 33.1 Å². The molecule has 1 atom stereocenters. The molecule has 2 rings (SSSR count). The molecule has 0 aromatic heterocycles. The molecular weight excluding hydrogens is 278 g/mol. The lowest BCUT2D eigenvalue weighted by molar-refractivity contribution is -0.155. The van der Waals surface area contributed by atoms with Crippen LogP contribution in [0.3, 0.4) is 0 Å². The average molecular weight is 309 g/mol. The Bertz CT molecular complexity index is 375. The van der Waals surface area contributed by atoms with E-state index in [0.29, 0.717) is 12.5 Å². The van der Waals surface area contributed by atoms with Crippen LogP contribution in [-0.2, 0) is 14.3 Å². The Balaban J connectivity index is 1.81. The molecule has 1 saturated carbocycles. The first-order chi connectivity index (χ1) is 10.6. The fourth-order valence-corrected chi connectivity index (χ4v) is 3.62. The molecule has 4 nitrogen and oxygen atoms in total. The Kier molecular flexibility index (Phi) is 6.71. The second-order valence-corrected chi connectivity index (χ2v) is 7.23. The summed E-state index contributed by atoms with van der Waals surface area (Å²) in [5.41, 5.74) is 0. The van der Waals surface area contributed by atoms with Gasteiger partial charge < -0.3 is 9.64 Å². The van der Waals surface area contributed by atoms with Crippen molar-refractivity contribution in [3.05, 3.63) is 0 Å². The average Bonchev–Trinajstić information content (AvgIpc) is 3.01. The maximum Gasteiger partial charge on any atom is 0.328 e. The number of hydrogen-bond acceptors (Lipinski definition) is 3. The maximum absolute atomic E-state index is 12.7. The monoisotopic (exact) mass is 309 g/mol. The van der Waals surface area contributed by atoms with E-state index in [2.05, 4.69) is 13.8 Å². The van der Waals surface area contributed by atoms with Crippen LogP contribution >= 0.6 is 0 Å². The van der Waals surface area contributed by atoms with E-state index in [0.717, 1.165) is 57.9 Å². The van der Waals surface area contributed by atoms with E-state index in [1.54, 1.807) is 4.90 Å². The zero-order chi connectivity index (χ0) is 15.9. The highest BCUT2D eigenvalue weighted by Crippen LogP contribution is 2.29. The summed E-state index contributed by atoms with van der Waals surface area (Å²) >= 11 is 0. The van der Waals surface area contributed by atoms with Crippen LogP contribution < -0.4 is 0 Å². The molecule has 22 heavy (non-hydrogen) atoms. The summed E-state index contributed by atoms with van der Waals surface area (Å²) in [7, 11) is 0. The van der Waals surface area contributed by atoms with Crippen LogP contribution in [0.4, 0.5) is 0 Å². The molecule has 0 aromatic carbocycles. The number of ether oxygens (including phenoxy) is 1. The second-order valence-electron chi connectivity index (χ2n) is 7.23. The minimum absolute atomic E-state index is 0.142. The van der Waals surface area contributed by atoms with Crippen LogP contribution in [0.5, 0.6) is 0 Å². The first kappa shape index (κ1) is 17.3. The smallest absolute Gasteiger partial charge is 0.328 e.